The van der Waals surface area contributed by atoms with Crippen molar-refractivity contribution >= 4 is 51.6 Å². The second-order valence-corrected chi connectivity index (χ2v) is 10.2. The van der Waals surface area contributed by atoms with Crippen LogP contribution in [0.4, 0.5) is 25.8 Å². The van der Waals surface area contributed by atoms with Crippen molar-refractivity contribution in [3.8, 4) is 32.8 Å². The first kappa shape index (κ1) is 25.9. The number of benzene rings is 2. The third kappa shape index (κ3) is 4.17. The first-order valence-electron chi connectivity index (χ1n) is 10.9. The Morgan fingerprint density at radius 2 is 1.64 bits per heavy atom. The van der Waals surface area contributed by atoms with Crippen LogP contribution in [0.25, 0.3) is 9.75 Å². The molecule has 0 unspecified atom stereocenters. The van der Waals surface area contributed by atoms with Crippen molar-refractivity contribution in [3.05, 3.63) is 73.5 Å². The molecular formula is C24H15F2N3O8S2. The van der Waals surface area contributed by atoms with E-state index >= 15 is 0 Å². The maximum absolute atomic E-state index is 14.0. The topological polar surface area (TPSA) is 173 Å². The average molecular weight is 576 g/mol. The molecule has 1 aliphatic heterocycles. The molecule has 0 radical (unpaired) electrons. The van der Waals surface area contributed by atoms with E-state index in [1.165, 1.54) is 17.4 Å². The van der Waals surface area contributed by atoms with E-state index < -0.39 is 68.3 Å². The van der Waals surface area contributed by atoms with Crippen LogP contribution in [-0.4, -0.2) is 43.7 Å². The molecular weight excluding hydrogens is 560 g/mol. The lowest BCUT2D eigenvalue weighted by molar-refractivity contribution is -0.387. The van der Waals surface area contributed by atoms with E-state index in [4.69, 9.17) is 0 Å². The maximum Gasteiger partial charge on any atom is 0.359 e. The number of nitro benzene ring substituents is 1. The lowest BCUT2D eigenvalue weighted by atomic mass is 10.1. The van der Waals surface area contributed by atoms with Crippen molar-refractivity contribution in [1.29, 1.82) is 0 Å². The highest BCUT2D eigenvalue weighted by atomic mass is 32.1. The Morgan fingerprint density at radius 1 is 1.00 bits per heavy atom. The second kappa shape index (κ2) is 9.52. The number of halogens is 2. The fourth-order valence-corrected chi connectivity index (χ4v) is 6.35. The highest BCUT2D eigenvalue weighted by Crippen LogP contribution is 2.52. The molecule has 0 bridgehead atoms. The molecule has 11 nitrogen and oxygen atoms in total. The van der Waals surface area contributed by atoms with Crippen molar-refractivity contribution in [2.45, 2.75) is 6.42 Å². The first-order chi connectivity index (χ1) is 18.5. The Labute approximate surface area is 224 Å². The Hall–Kier alpha value is -4.76. The van der Waals surface area contributed by atoms with Gasteiger partial charge in [-0.2, -0.15) is 0 Å². The van der Waals surface area contributed by atoms with E-state index in [1.54, 1.807) is 11.4 Å². The minimum Gasteiger partial charge on any atom is -0.503 e. The predicted octanol–water partition coefficient (Wildman–Crippen LogP) is 4.94. The first-order valence-corrected chi connectivity index (χ1v) is 12.6. The number of phenols is 4. The molecule has 39 heavy (non-hydrogen) atoms. The van der Waals surface area contributed by atoms with Crippen LogP contribution in [0.5, 0.6) is 23.0 Å². The van der Waals surface area contributed by atoms with Crippen LogP contribution >= 0.6 is 22.7 Å². The van der Waals surface area contributed by atoms with Gasteiger partial charge in [0.25, 0.3) is 11.8 Å². The average Bonchev–Trinajstić information content (AvgIpc) is 3.50. The SMILES string of the molecule is O=C(Nc1c(F)cccc1F)c1cc2c(s1)-c1sccc1N(C(=O)c1c(O)c(O)c([N+](=O)[O-])c(O)c1O)CC2. The van der Waals surface area contributed by atoms with Crippen molar-refractivity contribution in [3.63, 3.8) is 0 Å². The predicted molar refractivity (Wildman–Crippen MR) is 137 cm³/mol. The number of phenolic OH excluding ortho intramolecular Hbond substituents is 4. The normalized spacial score (nSPS) is 12.4. The second-order valence-electron chi connectivity index (χ2n) is 8.23. The third-order valence-electron chi connectivity index (χ3n) is 5.99. The Bertz CT molecular complexity index is 1650. The summed E-state index contributed by atoms with van der Waals surface area (Å²) < 4.78 is 28.0. The number of thiophene rings is 2. The molecule has 0 aliphatic carbocycles. The standard InChI is InChI=1S/C24H15F2N3O8S2/c25-10-2-1-3-11(26)15(10)27-23(34)13-8-9-4-6-28(12-5-7-38-22(12)21(9)39-13)24(35)14-17(30)19(32)16(29(36)37)20(33)18(14)31/h1-3,5,7-8,30-33H,4,6H2,(H,27,34). The molecule has 0 fully saturated rings. The molecule has 0 saturated heterocycles. The lowest BCUT2D eigenvalue weighted by Gasteiger charge is -2.22. The highest BCUT2D eigenvalue weighted by Gasteiger charge is 2.37. The minimum atomic E-state index is -1.39. The minimum absolute atomic E-state index is 0.0628. The summed E-state index contributed by atoms with van der Waals surface area (Å²) in [5, 5.41) is 55.7. The number of amides is 2. The number of fused-ring (bicyclic) bond motifs is 3. The van der Waals surface area contributed by atoms with E-state index in [2.05, 4.69) is 5.32 Å². The Morgan fingerprint density at radius 3 is 2.26 bits per heavy atom. The Kier molecular flexibility index (Phi) is 6.32. The number of hydrogen-bond donors (Lipinski definition) is 5. The summed E-state index contributed by atoms with van der Waals surface area (Å²) in [6.07, 6.45) is 0.160. The van der Waals surface area contributed by atoms with E-state index in [-0.39, 0.29) is 17.8 Å². The molecule has 5 N–H and O–H groups in total. The summed E-state index contributed by atoms with van der Waals surface area (Å²) in [7, 11) is 0. The number of hydrogen-bond acceptors (Lipinski definition) is 10. The zero-order valence-electron chi connectivity index (χ0n) is 19.3. The zero-order chi connectivity index (χ0) is 28.2. The molecule has 2 amide bonds. The van der Waals surface area contributed by atoms with Crippen LogP contribution in [0.3, 0.4) is 0 Å². The summed E-state index contributed by atoms with van der Waals surface area (Å²) in [4.78, 5) is 38.5. The number of aromatic hydroxyl groups is 4. The molecule has 1 aliphatic rings. The van der Waals surface area contributed by atoms with Gasteiger partial charge < -0.3 is 30.6 Å². The summed E-state index contributed by atoms with van der Waals surface area (Å²) in [5.74, 6) is -9.02. The van der Waals surface area contributed by atoms with Gasteiger partial charge in [0.05, 0.1) is 25.2 Å². The van der Waals surface area contributed by atoms with Crippen LogP contribution < -0.4 is 10.2 Å². The van der Waals surface area contributed by atoms with Crippen molar-refractivity contribution in [1.82, 2.24) is 0 Å². The van der Waals surface area contributed by atoms with Gasteiger partial charge in [-0.3, -0.25) is 19.7 Å². The fraction of sp³-hybridized carbons (Fsp3) is 0.0833. The molecule has 0 atom stereocenters. The van der Waals surface area contributed by atoms with Crippen molar-refractivity contribution in [2.24, 2.45) is 0 Å². The molecule has 200 valence electrons. The summed E-state index contributed by atoms with van der Waals surface area (Å²) >= 11 is 2.23. The highest BCUT2D eigenvalue weighted by molar-refractivity contribution is 7.23. The number of para-hydroxylation sites is 1. The largest absolute Gasteiger partial charge is 0.503 e. The van der Waals surface area contributed by atoms with Gasteiger partial charge in [0.1, 0.15) is 22.9 Å². The number of nitrogens with one attached hydrogen (secondary N) is 1. The number of rotatable bonds is 4. The van der Waals surface area contributed by atoms with Crippen LogP contribution in [-0.2, 0) is 6.42 Å². The molecule has 0 spiro atoms. The van der Waals surface area contributed by atoms with Gasteiger partial charge in [-0.1, -0.05) is 6.07 Å². The Balaban J connectivity index is 1.51. The van der Waals surface area contributed by atoms with E-state index in [0.717, 1.165) is 34.4 Å². The molecule has 5 rings (SSSR count). The maximum atomic E-state index is 14.0. The molecule has 2 aromatic heterocycles. The van der Waals surface area contributed by atoms with Crippen molar-refractivity contribution < 1.29 is 43.7 Å². The summed E-state index contributed by atoms with van der Waals surface area (Å²) in [5.41, 5.74) is -1.97. The van der Waals surface area contributed by atoms with Gasteiger partial charge in [0.2, 0.25) is 11.5 Å². The lowest BCUT2D eigenvalue weighted by Crippen LogP contribution is -2.32. The fourth-order valence-electron chi connectivity index (χ4n) is 4.16. The number of anilines is 2. The summed E-state index contributed by atoms with van der Waals surface area (Å²) in [6, 6.07) is 6.25. The van der Waals surface area contributed by atoms with Gasteiger partial charge in [0.15, 0.2) is 11.5 Å². The van der Waals surface area contributed by atoms with Crippen LogP contribution in [0.2, 0.25) is 0 Å². The molecule has 2 aromatic carbocycles. The molecule has 0 saturated carbocycles. The number of carbonyl (C=O) groups excluding carboxylic acids is 2. The zero-order valence-corrected chi connectivity index (χ0v) is 20.9. The summed E-state index contributed by atoms with van der Waals surface area (Å²) in [6.45, 7) is -0.0628. The van der Waals surface area contributed by atoms with Gasteiger partial charge in [0, 0.05) is 6.54 Å². The van der Waals surface area contributed by atoms with E-state index in [1.807, 2.05) is 0 Å². The molecule has 3 heterocycles. The monoisotopic (exact) mass is 575 g/mol. The van der Waals surface area contributed by atoms with Crippen LogP contribution in [0.1, 0.15) is 25.6 Å². The van der Waals surface area contributed by atoms with E-state index in [9.17, 15) is 48.9 Å². The van der Waals surface area contributed by atoms with Crippen LogP contribution in [0.15, 0.2) is 35.7 Å². The third-order valence-corrected chi connectivity index (χ3v) is 8.24. The number of nitro groups is 1. The van der Waals surface area contributed by atoms with Crippen LogP contribution in [0, 0.1) is 21.7 Å². The molecule has 4 aromatic rings. The number of nitrogens with zero attached hydrogens (tertiary/aromatic N) is 2. The van der Waals surface area contributed by atoms with Gasteiger partial charge in [-0.05, 0) is 41.6 Å². The smallest absolute Gasteiger partial charge is 0.359 e. The number of carbonyl (C=O) groups is 2. The van der Waals surface area contributed by atoms with Gasteiger partial charge >= 0.3 is 5.69 Å². The molecule has 15 heteroatoms. The van der Waals surface area contributed by atoms with Gasteiger partial charge in [-0.25, -0.2) is 8.78 Å². The van der Waals surface area contributed by atoms with Crippen molar-refractivity contribution in [2.75, 3.05) is 16.8 Å². The van der Waals surface area contributed by atoms with Gasteiger partial charge in [-0.15, -0.1) is 22.7 Å². The van der Waals surface area contributed by atoms with E-state index in [0.29, 0.717) is 21.0 Å². The quantitative estimate of drug-likeness (QED) is 0.0985.